The molecule has 2 heterocycles. The SMILES string of the molecule is CC(C)c1ccc(N(c2ccc3c4c(ccc3c2)-c2c(c3ccc(N(c5ccc(C(C)C)cc5)c5cccc6c5oc5ccccc56)cc3c3ccccc23)C4(c2ccccc2)c2ccccc2)c2cccc3c2oc2ccccc23)cc1. The van der Waals surface area contributed by atoms with Crippen LogP contribution >= 0.6 is 0 Å². The lowest BCUT2D eigenvalue weighted by molar-refractivity contribution is 0.668. The van der Waals surface area contributed by atoms with Crippen molar-refractivity contribution in [3.63, 3.8) is 0 Å². The molecule has 0 radical (unpaired) electrons. The Kier molecular flexibility index (Phi) is 11.1. The Bertz CT molecular complexity index is 4990. The Morgan fingerprint density at radius 2 is 0.759 bits per heavy atom. The zero-order valence-corrected chi connectivity index (χ0v) is 46.8. The number of nitrogens with zero attached hydrogens (tertiary/aromatic N) is 2. The lowest BCUT2D eigenvalue weighted by Gasteiger charge is -2.36. The third-order valence-electron chi connectivity index (χ3n) is 17.8. The van der Waals surface area contributed by atoms with Gasteiger partial charge in [0, 0.05) is 44.3 Å². The minimum Gasteiger partial charge on any atom is -0.454 e. The second-order valence-electron chi connectivity index (χ2n) is 23.1. The van der Waals surface area contributed by atoms with Crippen molar-refractivity contribution in [1.82, 2.24) is 0 Å². The molecule has 13 aromatic carbocycles. The van der Waals surface area contributed by atoms with Gasteiger partial charge in [-0.2, -0.15) is 0 Å². The van der Waals surface area contributed by atoms with Crippen molar-refractivity contribution in [1.29, 1.82) is 0 Å². The van der Waals surface area contributed by atoms with Crippen molar-refractivity contribution in [3.05, 3.63) is 300 Å². The molecule has 2 aromatic heterocycles. The molecule has 16 rings (SSSR count). The molecule has 0 unspecified atom stereocenters. The van der Waals surface area contributed by atoms with Crippen LogP contribution in [0.25, 0.3) is 87.3 Å². The molecular formula is C79H58N2O2. The van der Waals surface area contributed by atoms with Crippen molar-refractivity contribution >= 4 is 110 Å². The first-order chi connectivity index (χ1) is 40.8. The van der Waals surface area contributed by atoms with Crippen molar-refractivity contribution in [2.24, 2.45) is 0 Å². The molecule has 0 bridgehead atoms. The standard InChI is InChI=1S/C79H58N2O2/c1-49(2)51-33-38-56(39-34-51)80(70-29-17-27-66-62-24-13-15-31-72(62)82-77(66)70)58-42-45-60-53(47-58)37-44-68-74-64-26-12-11-23-61(64)69-48-59(43-46-65(69)76(74)79(75(60)68,54-19-7-5-8-20-54)55-21-9-6-10-22-55)81(57-40-35-52(36-41-57)50(3)4)71-30-18-28-67-63-25-14-16-32-73(63)83-78(67)71/h5-50H,1-4H3. The summed E-state index contributed by atoms with van der Waals surface area (Å²) in [5, 5.41) is 11.6. The van der Waals surface area contributed by atoms with E-state index in [0.717, 1.165) is 83.4 Å². The van der Waals surface area contributed by atoms with Crippen LogP contribution in [0.3, 0.4) is 0 Å². The second-order valence-corrected chi connectivity index (χ2v) is 23.1. The summed E-state index contributed by atoms with van der Waals surface area (Å²) in [5.41, 5.74) is 19.1. The molecule has 0 amide bonds. The summed E-state index contributed by atoms with van der Waals surface area (Å²) in [4.78, 5) is 4.78. The minimum atomic E-state index is -0.740. The van der Waals surface area contributed by atoms with Crippen LogP contribution in [0.5, 0.6) is 0 Å². The third kappa shape index (κ3) is 7.38. The van der Waals surface area contributed by atoms with Gasteiger partial charge in [0.25, 0.3) is 0 Å². The Balaban J connectivity index is 0.962. The van der Waals surface area contributed by atoms with Crippen molar-refractivity contribution in [2.75, 3.05) is 9.80 Å². The van der Waals surface area contributed by atoms with Gasteiger partial charge in [-0.25, -0.2) is 0 Å². The van der Waals surface area contributed by atoms with Crippen LogP contribution in [-0.2, 0) is 5.41 Å². The van der Waals surface area contributed by atoms with E-state index in [1.165, 1.54) is 71.4 Å². The fourth-order valence-corrected chi connectivity index (χ4v) is 14.0. The molecule has 4 heteroatoms. The van der Waals surface area contributed by atoms with Gasteiger partial charge in [-0.05, 0) is 161 Å². The van der Waals surface area contributed by atoms with Gasteiger partial charge in [0.05, 0.1) is 16.8 Å². The number of benzene rings is 13. The maximum Gasteiger partial charge on any atom is 0.159 e. The zero-order chi connectivity index (χ0) is 55.5. The number of rotatable bonds is 10. The van der Waals surface area contributed by atoms with Crippen molar-refractivity contribution in [3.8, 4) is 11.1 Å². The lowest BCUT2D eigenvalue weighted by Crippen LogP contribution is -2.29. The summed E-state index contributed by atoms with van der Waals surface area (Å²) in [6, 6.07) is 98.7. The minimum absolute atomic E-state index is 0.398. The molecule has 1 aliphatic carbocycles. The van der Waals surface area contributed by atoms with Crippen LogP contribution in [0.15, 0.2) is 276 Å². The van der Waals surface area contributed by atoms with Gasteiger partial charge in [0.2, 0.25) is 0 Å². The molecule has 0 fully saturated rings. The van der Waals surface area contributed by atoms with Crippen LogP contribution < -0.4 is 9.80 Å². The fourth-order valence-electron chi connectivity index (χ4n) is 14.0. The lowest BCUT2D eigenvalue weighted by atomic mass is 9.65. The van der Waals surface area contributed by atoms with E-state index in [9.17, 15) is 0 Å². The highest BCUT2D eigenvalue weighted by atomic mass is 16.3. The van der Waals surface area contributed by atoms with Crippen molar-refractivity contribution < 1.29 is 8.83 Å². The number of hydrogen-bond donors (Lipinski definition) is 0. The van der Waals surface area contributed by atoms with Crippen LogP contribution in [-0.4, -0.2) is 0 Å². The van der Waals surface area contributed by atoms with E-state index in [4.69, 9.17) is 8.83 Å². The second kappa shape index (κ2) is 19.0. The van der Waals surface area contributed by atoms with Gasteiger partial charge in [0.1, 0.15) is 11.2 Å². The van der Waals surface area contributed by atoms with E-state index in [1.54, 1.807) is 0 Å². The fraction of sp³-hybridized carbons (Fsp3) is 0.0886. The molecule has 0 aliphatic heterocycles. The topological polar surface area (TPSA) is 32.8 Å². The largest absolute Gasteiger partial charge is 0.454 e. The van der Waals surface area contributed by atoms with Gasteiger partial charge >= 0.3 is 0 Å². The van der Waals surface area contributed by atoms with E-state index >= 15 is 0 Å². The Morgan fingerprint density at radius 3 is 1.29 bits per heavy atom. The van der Waals surface area contributed by atoms with E-state index in [2.05, 4.69) is 298 Å². The number of hydrogen-bond acceptors (Lipinski definition) is 4. The number of anilines is 6. The van der Waals surface area contributed by atoms with E-state index in [-0.39, 0.29) is 0 Å². The predicted octanol–water partition coefficient (Wildman–Crippen LogP) is 22.5. The van der Waals surface area contributed by atoms with Crippen LogP contribution in [0.2, 0.25) is 0 Å². The number of furan rings is 2. The molecule has 0 N–H and O–H groups in total. The highest BCUT2D eigenvalue weighted by Crippen LogP contribution is 2.62. The predicted molar refractivity (Wildman–Crippen MR) is 348 cm³/mol. The van der Waals surface area contributed by atoms with Gasteiger partial charge in [-0.15, -0.1) is 0 Å². The zero-order valence-electron chi connectivity index (χ0n) is 46.8. The number of fused-ring (bicyclic) bond motifs is 16. The maximum atomic E-state index is 6.84. The average molecular weight is 1070 g/mol. The summed E-state index contributed by atoms with van der Waals surface area (Å²) >= 11 is 0. The highest BCUT2D eigenvalue weighted by Gasteiger charge is 2.49. The summed E-state index contributed by atoms with van der Waals surface area (Å²) < 4.78 is 13.6. The summed E-state index contributed by atoms with van der Waals surface area (Å²) in [6.07, 6.45) is 0. The molecular weight excluding hydrogens is 1010 g/mol. The molecule has 0 saturated carbocycles. The Morgan fingerprint density at radius 1 is 0.313 bits per heavy atom. The van der Waals surface area contributed by atoms with E-state index in [1.807, 2.05) is 6.07 Å². The quantitative estimate of drug-likeness (QED) is 0.128. The monoisotopic (exact) mass is 1070 g/mol. The van der Waals surface area contributed by atoms with Crippen LogP contribution in [0.4, 0.5) is 34.1 Å². The molecule has 1 aliphatic rings. The molecule has 0 saturated heterocycles. The summed E-state index contributed by atoms with van der Waals surface area (Å²) in [7, 11) is 0. The van der Waals surface area contributed by atoms with Gasteiger partial charge < -0.3 is 18.6 Å². The van der Waals surface area contributed by atoms with Crippen molar-refractivity contribution in [2.45, 2.75) is 44.9 Å². The summed E-state index contributed by atoms with van der Waals surface area (Å²) in [6.45, 7) is 9.02. The molecule has 83 heavy (non-hydrogen) atoms. The maximum absolute atomic E-state index is 6.84. The average Bonchev–Trinajstić information content (AvgIpc) is 2.43. The van der Waals surface area contributed by atoms with Gasteiger partial charge in [-0.1, -0.05) is 222 Å². The summed E-state index contributed by atoms with van der Waals surface area (Å²) in [5.74, 6) is 0.801. The number of para-hydroxylation sites is 4. The van der Waals surface area contributed by atoms with E-state index in [0.29, 0.717) is 11.8 Å². The first-order valence-electron chi connectivity index (χ1n) is 29.1. The molecule has 0 spiro atoms. The van der Waals surface area contributed by atoms with Crippen LogP contribution in [0, 0.1) is 0 Å². The highest BCUT2D eigenvalue weighted by molar-refractivity contribution is 6.22. The van der Waals surface area contributed by atoms with Crippen LogP contribution in [0.1, 0.15) is 72.9 Å². The smallest absolute Gasteiger partial charge is 0.159 e. The Hall–Kier alpha value is -10.2. The molecule has 15 aromatic rings. The third-order valence-corrected chi connectivity index (χ3v) is 17.8. The molecule has 0 atom stereocenters. The molecule has 4 nitrogen and oxygen atoms in total. The van der Waals surface area contributed by atoms with E-state index < -0.39 is 5.41 Å². The molecule has 396 valence electrons. The normalized spacial score (nSPS) is 12.9. The Labute approximate surface area is 482 Å². The first-order valence-corrected chi connectivity index (χ1v) is 29.1. The van der Waals surface area contributed by atoms with Gasteiger partial charge in [0.15, 0.2) is 11.2 Å². The van der Waals surface area contributed by atoms with Gasteiger partial charge in [-0.3, -0.25) is 0 Å². The first kappa shape index (κ1) is 48.7.